The average molecular weight is 680 g/mol. The molecule has 0 aromatic carbocycles. The molecule has 0 aliphatic heterocycles. The average Bonchev–Trinajstić information content (AvgIpc) is 3.03. The minimum absolute atomic E-state index is 0.0325. The van der Waals surface area contributed by atoms with Crippen molar-refractivity contribution in [1.29, 1.82) is 0 Å². The highest BCUT2D eigenvalue weighted by Crippen LogP contribution is 2.13. The molecule has 48 heavy (non-hydrogen) atoms. The second-order valence-electron chi connectivity index (χ2n) is 14.2. The van der Waals surface area contributed by atoms with E-state index in [1.807, 2.05) is 0 Å². The normalized spacial score (nSPS) is 13.3. The van der Waals surface area contributed by atoms with Gasteiger partial charge in [-0.2, -0.15) is 0 Å². The molecule has 0 aliphatic carbocycles. The number of esters is 2. The summed E-state index contributed by atoms with van der Waals surface area (Å²) < 4.78 is 17.0. The number of quaternary nitrogens is 1. The molecule has 2 unspecified atom stereocenters. The molecule has 0 radical (unpaired) electrons. The van der Waals surface area contributed by atoms with Gasteiger partial charge in [0.05, 0.1) is 40.3 Å². The molecular weight excluding hydrogens is 606 g/mol. The summed E-state index contributed by atoms with van der Waals surface area (Å²) in [5.74, 6) is -1.79. The molecule has 0 fully saturated rings. The van der Waals surface area contributed by atoms with E-state index >= 15 is 0 Å². The molecule has 8 nitrogen and oxygen atoms in total. The Labute approximate surface area is 294 Å². The second-order valence-corrected chi connectivity index (χ2v) is 14.2. The molecule has 0 bridgehead atoms. The van der Waals surface area contributed by atoms with E-state index in [4.69, 9.17) is 14.2 Å². The summed E-state index contributed by atoms with van der Waals surface area (Å²) in [6, 6.07) is -0.726. The fourth-order valence-corrected chi connectivity index (χ4v) is 5.48. The Kier molecular flexibility index (Phi) is 30.6. The maximum absolute atomic E-state index is 12.6. The number of carbonyl (C=O) groups is 3. The Morgan fingerprint density at radius 2 is 1.06 bits per heavy atom. The van der Waals surface area contributed by atoms with Gasteiger partial charge in [-0.3, -0.25) is 9.59 Å². The van der Waals surface area contributed by atoms with Crippen LogP contribution < -0.4 is 5.11 Å². The van der Waals surface area contributed by atoms with Crippen LogP contribution in [-0.4, -0.2) is 75.5 Å². The molecule has 8 heteroatoms. The fourth-order valence-electron chi connectivity index (χ4n) is 5.48. The number of hydrogen-bond acceptors (Lipinski definition) is 7. The van der Waals surface area contributed by atoms with Crippen LogP contribution in [0.2, 0.25) is 0 Å². The molecular formula is C40H73NO7. The van der Waals surface area contributed by atoms with Crippen LogP contribution in [0.15, 0.2) is 24.3 Å². The number of carboxylic acid groups (broad SMARTS) is 1. The lowest BCUT2D eigenvalue weighted by Crippen LogP contribution is -2.55. The van der Waals surface area contributed by atoms with E-state index in [2.05, 4.69) is 38.2 Å². The number of allylic oxidation sites excluding steroid dienone is 4. The van der Waals surface area contributed by atoms with Crippen molar-refractivity contribution in [3.8, 4) is 0 Å². The quantitative estimate of drug-likeness (QED) is 0.0291. The van der Waals surface area contributed by atoms with Gasteiger partial charge in [0.25, 0.3) is 0 Å². The summed E-state index contributed by atoms with van der Waals surface area (Å²) in [4.78, 5) is 36.6. The predicted octanol–water partition coefficient (Wildman–Crippen LogP) is 8.41. The molecule has 0 saturated carbocycles. The monoisotopic (exact) mass is 680 g/mol. The minimum atomic E-state index is -1.13. The molecule has 0 aromatic rings. The number of nitrogens with zero attached hydrogens (tertiary/aromatic N) is 1. The standard InChI is InChI=1S/C40H73NO7/c1-6-8-10-12-14-16-17-18-19-20-21-23-25-27-29-31-39(43)48-36(34-46-33-32-37(40(44)45)41(3,4)5)35-47-38(42)30-28-26-24-22-15-13-11-9-7-2/h16-17,22,24,36-37H,6-15,18-21,23,25-35H2,1-5H3/b17-16+,24-22+. The van der Waals surface area contributed by atoms with Crippen molar-refractivity contribution in [2.75, 3.05) is 41.0 Å². The highest BCUT2D eigenvalue weighted by atomic mass is 16.6. The van der Waals surface area contributed by atoms with Gasteiger partial charge in [0.1, 0.15) is 12.6 Å². The van der Waals surface area contributed by atoms with Crippen LogP contribution in [0.25, 0.3) is 0 Å². The lowest BCUT2D eigenvalue weighted by Gasteiger charge is -2.34. The first kappa shape index (κ1) is 45.8. The Bertz CT molecular complexity index is 849. The van der Waals surface area contributed by atoms with Gasteiger partial charge in [-0.15, -0.1) is 0 Å². The van der Waals surface area contributed by atoms with Gasteiger partial charge in [-0.1, -0.05) is 109 Å². The van der Waals surface area contributed by atoms with Crippen LogP contribution in [0.3, 0.4) is 0 Å². The largest absolute Gasteiger partial charge is 0.544 e. The van der Waals surface area contributed by atoms with Crippen molar-refractivity contribution < 1.29 is 38.2 Å². The first-order valence-corrected chi connectivity index (χ1v) is 19.4. The van der Waals surface area contributed by atoms with E-state index in [0.29, 0.717) is 19.3 Å². The smallest absolute Gasteiger partial charge is 0.306 e. The Morgan fingerprint density at radius 1 is 0.604 bits per heavy atom. The summed E-state index contributed by atoms with van der Waals surface area (Å²) in [6.07, 6.45) is 32.1. The summed E-state index contributed by atoms with van der Waals surface area (Å²) >= 11 is 0. The van der Waals surface area contributed by atoms with Crippen molar-refractivity contribution in [2.24, 2.45) is 0 Å². The van der Waals surface area contributed by atoms with E-state index in [1.54, 1.807) is 21.1 Å². The molecule has 0 spiro atoms. The van der Waals surface area contributed by atoms with E-state index in [9.17, 15) is 19.5 Å². The molecule has 280 valence electrons. The highest BCUT2D eigenvalue weighted by Gasteiger charge is 2.25. The maximum Gasteiger partial charge on any atom is 0.306 e. The van der Waals surface area contributed by atoms with Crippen LogP contribution in [0.5, 0.6) is 0 Å². The Hall–Kier alpha value is -2.19. The number of rotatable bonds is 34. The van der Waals surface area contributed by atoms with Crippen molar-refractivity contribution >= 4 is 17.9 Å². The van der Waals surface area contributed by atoms with Gasteiger partial charge < -0.3 is 28.6 Å². The minimum Gasteiger partial charge on any atom is -0.544 e. The molecule has 0 N–H and O–H groups in total. The van der Waals surface area contributed by atoms with E-state index in [1.165, 1.54) is 89.9 Å². The lowest BCUT2D eigenvalue weighted by molar-refractivity contribution is -0.889. The Balaban J connectivity index is 4.42. The van der Waals surface area contributed by atoms with Gasteiger partial charge in [-0.05, 0) is 57.8 Å². The SMILES string of the molecule is CCCCCC/C=C/CCCCCCCCCC(=O)OC(COCCC(C(=O)[O-])[N+](C)(C)C)COC(=O)CCC/C=C/CCCCCC. The maximum atomic E-state index is 12.6. The zero-order chi connectivity index (χ0) is 35.7. The highest BCUT2D eigenvalue weighted by molar-refractivity contribution is 5.70. The van der Waals surface area contributed by atoms with Crippen LogP contribution >= 0.6 is 0 Å². The van der Waals surface area contributed by atoms with Crippen molar-refractivity contribution in [2.45, 2.75) is 174 Å². The predicted molar refractivity (Wildman–Crippen MR) is 194 cm³/mol. The molecule has 0 aliphatic rings. The molecule has 0 aromatic heterocycles. The molecule has 0 amide bonds. The zero-order valence-electron chi connectivity index (χ0n) is 31.7. The Morgan fingerprint density at radius 3 is 1.56 bits per heavy atom. The number of likely N-dealkylation sites (N-methyl/N-ethyl adjacent to an activating group) is 1. The van der Waals surface area contributed by atoms with Crippen LogP contribution in [0, 0.1) is 0 Å². The number of ether oxygens (including phenoxy) is 3. The first-order chi connectivity index (χ1) is 23.1. The first-order valence-electron chi connectivity index (χ1n) is 19.4. The van der Waals surface area contributed by atoms with E-state index in [-0.39, 0.29) is 42.7 Å². The van der Waals surface area contributed by atoms with Crippen LogP contribution in [0.4, 0.5) is 0 Å². The van der Waals surface area contributed by atoms with Crippen molar-refractivity contribution in [3.05, 3.63) is 24.3 Å². The number of aliphatic carboxylic acids is 1. The number of unbranched alkanes of at least 4 members (excludes halogenated alkanes) is 16. The summed E-state index contributed by atoms with van der Waals surface area (Å²) in [5, 5.41) is 11.6. The topological polar surface area (TPSA) is 102 Å². The second kappa shape index (κ2) is 32.0. The number of hydrogen-bond donors (Lipinski definition) is 0. The fraction of sp³-hybridized carbons (Fsp3) is 0.825. The molecule has 0 saturated heterocycles. The number of carboxylic acids is 1. The van der Waals surface area contributed by atoms with Crippen molar-refractivity contribution in [1.82, 2.24) is 0 Å². The molecule has 0 rings (SSSR count). The van der Waals surface area contributed by atoms with Gasteiger partial charge >= 0.3 is 11.9 Å². The lowest BCUT2D eigenvalue weighted by atomic mass is 10.1. The van der Waals surface area contributed by atoms with Crippen LogP contribution in [-0.2, 0) is 28.6 Å². The third-order valence-electron chi connectivity index (χ3n) is 8.56. The third-order valence-corrected chi connectivity index (χ3v) is 8.56. The zero-order valence-corrected chi connectivity index (χ0v) is 31.7. The van der Waals surface area contributed by atoms with Gasteiger partial charge in [0, 0.05) is 19.3 Å². The molecule has 0 heterocycles. The third kappa shape index (κ3) is 29.9. The number of carbonyl (C=O) groups excluding carboxylic acids is 3. The van der Waals surface area contributed by atoms with Gasteiger partial charge in [0.15, 0.2) is 6.10 Å². The molecule has 2 atom stereocenters. The van der Waals surface area contributed by atoms with Crippen LogP contribution in [0.1, 0.15) is 162 Å². The summed E-state index contributed by atoms with van der Waals surface area (Å²) in [5.41, 5.74) is 0. The van der Waals surface area contributed by atoms with Gasteiger partial charge in [0.2, 0.25) is 0 Å². The summed E-state index contributed by atoms with van der Waals surface area (Å²) in [7, 11) is 5.39. The van der Waals surface area contributed by atoms with E-state index in [0.717, 1.165) is 32.1 Å². The summed E-state index contributed by atoms with van der Waals surface area (Å²) in [6.45, 7) is 4.57. The van der Waals surface area contributed by atoms with Crippen molar-refractivity contribution in [3.63, 3.8) is 0 Å². The van der Waals surface area contributed by atoms with E-state index < -0.39 is 18.1 Å². The van der Waals surface area contributed by atoms with Gasteiger partial charge in [-0.25, -0.2) is 0 Å².